The summed E-state index contributed by atoms with van der Waals surface area (Å²) in [5, 5.41) is 3.52. The lowest BCUT2D eigenvalue weighted by Gasteiger charge is -2.42. The van der Waals surface area contributed by atoms with E-state index in [1.54, 1.807) is 0 Å². The molecular formula is C20H37N5O2. The Morgan fingerprint density at radius 1 is 1.07 bits per heavy atom. The van der Waals surface area contributed by atoms with Crippen LogP contribution in [0.1, 0.15) is 32.6 Å². The van der Waals surface area contributed by atoms with E-state index >= 15 is 0 Å². The van der Waals surface area contributed by atoms with Gasteiger partial charge < -0.3 is 19.9 Å². The molecular weight excluding hydrogens is 342 g/mol. The second-order valence-corrected chi connectivity index (χ2v) is 8.78. The van der Waals surface area contributed by atoms with Crippen molar-refractivity contribution in [2.75, 3.05) is 78.5 Å². The third-order valence-corrected chi connectivity index (χ3v) is 7.14. The molecule has 0 saturated carbocycles. The number of nitrogens with one attached hydrogen (secondary N) is 1. The molecule has 4 fully saturated rings. The zero-order valence-electron chi connectivity index (χ0n) is 17.0. The van der Waals surface area contributed by atoms with Gasteiger partial charge in [0.15, 0.2) is 0 Å². The number of likely N-dealkylation sites (N-methyl/N-ethyl adjacent to an activating group) is 1. The highest BCUT2D eigenvalue weighted by Gasteiger charge is 2.47. The van der Waals surface area contributed by atoms with Crippen LogP contribution in [0.3, 0.4) is 0 Å². The van der Waals surface area contributed by atoms with Crippen LogP contribution in [0, 0.1) is 0 Å². The third kappa shape index (κ3) is 4.58. The molecule has 7 nitrogen and oxygen atoms in total. The highest BCUT2D eigenvalue weighted by molar-refractivity contribution is 5.70. The number of hydrogen-bond acceptors (Lipinski definition) is 6. The lowest BCUT2D eigenvalue weighted by atomic mass is 9.89. The summed E-state index contributed by atoms with van der Waals surface area (Å²) < 4.78 is 5.93. The van der Waals surface area contributed by atoms with Gasteiger partial charge >= 0.3 is 6.09 Å². The van der Waals surface area contributed by atoms with Crippen molar-refractivity contribution in [3.8, 4) is 0 Å². The fourth-order valence-corrected chi connectivity index (χ4v) is 5.16. The maximum atomic E-state index is 12.5. The van der Waals surface area contributed by atoms with Crippen LogP contribution >= 0.6 is 0 Å². The van der Waals surface area contributed by atoms with E-state index in [1.165, 1.54) is 12.8 Å². The van der Waals surface area contributed by atoms with Crippen molar-refractivity contribution in [1.29, 1.82) is 0 Å². The van der Waals surface area contributed by atoms with Gasteiger partial charge in [0.1, 0.15) is 5.60 Å². The molecule has 1 N–H and O–H groups in total. The quantitative estimate of drug-likeness (QED) is 0.758. The van der Waals surface area contributed by atoms with E-state index in [0.717, 1.165) is 91.4 Å². The van der Waals surface area contributed by atoms with Crippen molar-refractivity contribution in [2.24, 2.45) is 0 Å². The van der Waals surface area contributed by atoms with E-state index < -0.39 is 0 Å². The van der Waals surface area contributed by atoms with Gasteiger partial charge in [-0.3, -0.25) is 9.80 Å². The summed E-state index contributed by atoms with van der Waals surface area (Å²) in [5.74, 6) is 0. The van der Waals surface area contributed by atoms with Crippen LogP contribution in [-0.4, -0.2) is 116 Å². The summed E-state index contributed by atoms with van der Waals surface area (Å²) in [6.07, 6.45) is 4.47. The summed E-state index contributed by atoms with van der Waals surface area (Å²) in [6.45, 7) is 14.9. The van der Waals surface area contributed by atoms with E-state index in [2.05, 4.69) is 26.9 Å². The van der Waals surface area contributed by atoms with Crippen LogP contribution in [0.25, 0.3) is 0 Å². The Morgan fingerprint density at radius 3 is 2.48 bits per heavy atom. The molecule has 4 heterocycles. The number of likely N-dealkylation sites (tertiary alicyclic amines) is 1. The molecule has 4 aliphatic rings. The van der Waals surface area contributed by atoms with E-state index in [-0.39, 0.29) is 11.7 Å². The molecule has 4 aliphatic heterocycles. The minimum atomic E-state index is -0.226. The molecule has 0 aromatic heterocycles. The molecule has 0 aliphatic carbocycles. The number of hydrogen-bond donors (Lipinski definition) is 1. The predicted octanol–water partition coefficient (Wildman–Crippen LogP) is 0.663. The largest absolute Gasteiger partial charge is 0.441 e. The number of carbonyl (C=O) groups is 1. The topological polar surface area (TPSA) is 51.3 Å². The van der Waals surface area contributed by atoms with Crippen molar-refractivity contribution in [3.63, 3.8) is 0 Å². The van der Waals surface area contributed by atoms with Crippen LogP contribution in [0.2, 0.25) is 0 Å². The fraction of sp³-hybridized carbons (Fsp3) is 0.950. The average Bonchev–Trinajstić information content (AvgIpc) is 3.03. The first kappa shape index (κ1) is 19.4. The Balaban J connectivity index is 1.22. The Morgan fingerprint density at radius 2 is 1.81 bits per heavy atom. The second kappa shape index (κ2) is 8.64. The van der Waals surface area contributed by atoms with Crippen LogP contribution < -0.4 is 5.32 Å². The zero-order valence-corrected chi connectivity index (χ0v) is 17.0. The molecule has 0 bridgehead atoms. The minimum absolute atomic E-state index is 0.0880. The van der Waals surface area contributed by atoms with Crippen molar-refractivity contribution < 1.29 is 9.53 Å². The van der Waals surface area contributed by atoms with Crippen LogP contribution in [0.4, 0.5) is 4.79 Å². The van der Waals surface area contributed by atoms with Crippen molar-refractivity contribution >= 4 is 6.09 Å². The molecule has 7 heteroatoms. The van der Waals surface area contributed by atoms with E-state index in [0.29, 0.717) is 6.04 Å². The first-order valence-corrected chi connectivity index (χ1v) is 11.0. The molecule has 0 aromatic carbocycles. The molecule has 1 atom stereocenters. The average molecular weight is 380 g/mol. The number of rotatable bonds is 5. The van der Waals surface area contributed by atoms with Gasteiger partial charge in [-0.25, -0.2) is 4.79 Å². The molecule has 4 saturated heterocycles. The molecule has 4 rings (SSSR count). The Bertz CT molecular complexity index is 495. The molecule has 0 radical (unpaired) electrons. The Labute approximate surface area is 164 Å². The van der Waals surface area contributed by atoms with Gasteiger partial charge in [-0.1, -0.05) is 6.92 Å². The SMILES string of the molecule is CCN1CCN(CCN2CC3(CCN(C4CCCNC4)CC3)OC2=O)CC1. The summed E-state index contributed by atoms with van der Waals surface area (Å²) in [5.41, 5.74) is -0.226. The van der Waals surface area contributed by atoms with Gasteiger partial charge in [-0.2, -0.15) is 0 Å². The zero-order chi connectivity index (χ0) is 18.7. The lowest BCUT2D eigenvalue weighted by molar-refractivity contribution is -0.0127. The maximum absolute atomic E-state index is 12.5. The van der Waals surface area contributed by atoms with Gasteiger partial charge in [0.2, 0.25) is 0 Å². The smallest absolute Gasteiger partial charge is 0.410 e. The molecule has 1 unspecified atom stereocenters. The summed E-state index contributed by atoms with van der Waals surface area (Å²) in [6, 6.07) is 0.672. The normalized spacial score (nSPS) is 30.8. The minimum Gasteiger partial charge on any atom is -0.441 e. The number of piperidine rings is 2. The van der Waals surface area contributed by atoms with Gasteiger partial charge in [0.25, 0.3) is 0 Å². The van der Waals surface area contributed by atoms with Crippen molar-refractivity contribution in [1.82, 2.24) is 24.9 Å². The number of ether oxygens (including phenoxy) is 1. The summed E-state index contributed by atoms with van der Waals surface area (Å²) >= 11 is 0. The van der Waals surface area contributed by atoms with Crippen molar-refractivity contribution in [2.45, 2.75) is 44.2 Å². The van der Waals surface area contributed by atoms with E-state index in [9.17, 15) is 4.79 Å². The summed E-state index contributed by atoms with van der Waals surface area (Å²) in [7, 11) is 0. The molecule has 27 heavy (non-hydrogen) atoms. The summed E-state index contributed by atoms with van der Waals surface area (Å²) in [4.78, 5) is 22.0. The first-order chi connectivity index (χ1) is 13.2. The van der Waals surface area contributed by atoms with Crippen molar-refractivity contribution in [3.05, 3.63) is 0 Å². The number of amides is 1. The van der Waals surface area contributed by atoms with Gasteiger partial charge in [0, 0.05) is 77.8 Å². The second-order valence-electron chi connectivity index (χ2n) is 8.78. The molecule has 1 amide bonds. The Kier molecular flexibility index (Phi) is 6.21. The van der Waals surface area contributed by atoms with Crippen LogP contribution in [0.15, 0.2) is 0 Å². The van der Waals surface area contributed by atoms with E-state index in [1.807, 2.05) is 4.90 Å². The monoisotopic (exact) mass is 379 g/mol. The van der Waals surface area contributed by atoms with Gasteiger partial charge in [-0.15, -0.1) is 0 Å². The standard InChI is InChI=1S/C20H37N5O2/c1-2-22-10-12-23(13-11-22)14-15-25-17-20(27-19(25)26)5-8-24(9-6-20)18-4-3-7-21-16-18/h18,21H,2-17H2,1H3. The predicted molar refractivity (Wildman–Crippen MR) is 106 cm³/mol. The lowest BCUT2D eigenvalue weighted by Crippen LogP contribution is -2.53. The third-order valence-electron chi connectivity index (χ3n) is 7.14. The fourth-order valence-electron chi connectivity index (χ4n) is 5.16. The van der Waals surface area contributed by atoms with Gasteiger partial charge in [0.05, 0.1) is 6.54 Å². The van der Waals surface area contributed by atoms with Crippen LogP contribution in [-0.2, 0) is 4.74 Å². The highest BCUT2D eigenvalue weighted by atomic mass is 16.6. The van der Waals surface area contributed by atoms with Gasteiger partial charge in [-0.05, 0) is 25.9 Å². The Hall–Kier alpha value is -0.890. The molecule has 1 spiro atoms. The number of nitrogens with zero attached hydrogens (tertiary/aromatic N) is 4. The molecule has 154 valence electrons. The first-order valence-electron chi connectivity index (χ1n) is 11.0. The maximum Gasteiger partial charge on any atom is 0.410 e. The number of piperazine rings is 1. The number of carbonyl (C=O) groups excluding carboxylic acids is 1. The van der Waals surface area contributed by atoms with E-state index in [4.69, 9.17) is 4.74 Å². The van der Waals surface area contributed by atoms with Crippen LogP contribution in [0.5, 0.6) is 0 Å². The molecule has 0 aromatic rings. The highest BCUT2D eigenvalue weighted by Crippen LogP contribution is 2.34.